The Labute approximate surface area is 82.5 Å². The Morgan fingerprint density at radius 3 is 2.38 bits per heavy atom. The quantitative estimate of drug-likeness (QED) is 0.579. The van der Waals surface area contributed by atoms with Gasteiger partial charge in [0.25, 0.3) is 0 Å². The monoisotopic (exact) mass is 186 g/mol. The largest absolute Gasteiger partial charge is 0.332 e. The highest BCUT2D eigenvalue weighted by Crippen LogP contribution is 2.20. The Hall–Kier alpha value is -0.0800. The van der Waals surface area contributed by atoms with Gasteiger partial charge < -0.3 is 9.22 Å². The Balaban J connectivity index is 2.33. The predicted octanol–water partition coefficient (Wildman–Crippen LogP) is 2.39. The molecule has 78 valence electrons. The first-order chi connectivity index (χ1) is 6.33. The van der Waals surface area contributed by atoms with Crippen molar-refractivity contribution in [1.82, 2.24) is 0 Å². The van der Waals surface area contributed by atoms with E-state index in [2.05, 4.69) is 13.8 Å². The van der Waals surface area contributed by atoms with Crippen molar-refractivity contribution in [3.63, 3.8) is 0 Å². The van der Waals surface area contributed by atoms with Gasteiger partial charge in [-0.2, -0.15) is 0 Å². The number of ether oxygens (including phenoxy) is 1. The number of hydrogen-bond acceptors (Lipinski definition) is 1. The van der Waals surface area contributed by atoms with E-state index in [9.17, 15) is 0 Å². The molecule has 0 bridgehead atoms. The third kappa shape index (κ3) is 3.28. The van der Waals surface area contributed by atoms with Crippen LogP contribution in [-0.2, 0) is 4.74 Å². The topological polar surface area (TPSA) is 9.23 Å². The summed E-state index contributed by atoms with van der Waals surface area (Å²) in [5.41, 5.74) is 0. The van der Waals surface area contributed by atoms with Gasteiger partial charge in [-0.25, -0.2) is 0 Å². The molecule has 2 heteroatoms. The summed E-state index contributed by atoms with van der Waals surface area (Å²) >= 11 is 0. The van der Waals surface area contributed by atoms with Crippen molar-refractivity contribution in [3.05, 3.63) is 0 Å². The first kappa shape index (κ1) is 11.0. The lowest BCUT2D eigenvalue weighted by Gasteiger charge is -2.33. The maximum atomic E-state index is 5.59. The summed E-state index contributed by atoms with van der Waals surface area (Å²) in [7, 11) is 0. The fourth-order valence-electron chi connectivity index (χ4n) is 2.20. The van der Waals surface area contributed by atoms with E-state index in [0.717, 1.165) is 13.3 Å². The van der Waals surface area contributed by atoms with Crippen LogP contribution >= 0.6 is 0 Å². The highest BCUT2D eigenvalue weighted by molar-refractivity contribution is 4.52. The van der Waals surface area contributed by atoms with E-state index in [-0.39, 0.29) is 0 Å². The molecule has 1 aliphatic rings. The van der Waals surface area contributed by atoms with Gasteiger partial charge in [0.15, 0.2) is 6.73 Å². The van der Waals surface area contributed by atoms with Crippen LogP contribution in [0.25, 0.3) is 0 Å². The Morgan fingerprint density at radius 2 is 1.85 bits per heavy atom. The van der Waals surface area contributed by atoms with E-state index < -0.39 is 0 Å². The molecule has 0 radical (unpaired) electrons. The number of rotatable bonds is 6. The van der Waals surface area contributed by atoms with Gasteiger partial charge in [-0.1, -0.05) is 13.3 Å². The van der Waals surface area contributed by atoms with Crippen LogP contribution in [0.4, 0.5) is 0 Å². The summed E-state index contributed by atoms with van der Waals surface area (Å²) in [4.78, 5) is 0. The number of unbranched alkanes of at least 4 members (excludes halogenated alkanes) is 1. The molecule has 0 spiro atoms. The summed E-state index contributed by atoms with van der Waals surface area (Å²) in [6, 6.07) is 0. The molecule has 1 heterocycles. The maximum absolute atomic E-state index is 5.59. The molecule has 0 aliphatic carbocycles. The molecule has 2 nitrogen and oxygen atoms in total. The SMILES string of the molecule is CCCC[N+]1(COCC)CCCC1. The average molecular weight is 186 g/mol. The standard InChI is InChI=1S/C11H24NO/c1-3-5-8-12(11-13-4-2)9-6-7-10-12/h3-11H2,1-2H3/q+1. The molecule has 1 fully saturated rings. The van der Waals surface area contributed by atoms with Crippen molar-refractivity contribution in [2.24, 2.45) is 0 Å². The minimum absolute atomic E-state index is 0.867. The van der Waals surface area contributed by atoms with Gasteiger partial charge in [-0.3, -0.25) is 0 Å². The second-order valence-corrected chi connectivity index (χ2v) is 4.20. The molecular formula is C11H24NO+. The molecule has 1 rings (SSSR count). The fraction of sp³-hybridized carbons (Fsp3) is 1.00. The smallest absolute Gasteiger partial charge is 0.183 e. The van der Waals surface area contributed by atoms with E-state index in [4.69, 9.17) is 4.74 Å². The average Bonchev–Trinajstić information content (AvgIpc) is 2.61. The van der Waals surface area contributed by atoms with Gasteiger partial charge in [0.2, 0.25) is 0 Å². The van der Waals surface area contributed by atoms with Gasteiger partial charge in [-0.05, 0) is 13.3 Å². The van der Waals surface area contributed by atoms with Crippen LogP contribution in [0.1, 0.15) is 39.5 Å². The van der Waals surface area contributed by atoms with Gasteiger partial charge in [-0.15, -0.1) is 0 Å². The van der Waals surface area contributed by atoms with Crippen LogP contribution in [0, 0.1) is 0 Å². The van der Waals surface area contributed by atoms with E-state index in [1.54, 1.807) is 0 Å². The van der Waals surface area contributed by atoms with Crippen LogP contribution in [0.3, 0.4) is 0 Å². The molecule has 0 saturated carbocycles. The lowest BCUT2D eigenvalue weighted by Crippen LogP contribution is -2.47. The number of quaternary nitrogens is 1. The minimum Gasteiger partial charge on any atom is -0.332 e. The van der Waals surface area contributed by atoms with Gasteiger partial charge in [0.05, 0.1) is 19.6 Å². The van der Waals surface area contributed by atoms with E-state index >= 15 is 0 Å². The van der Waals surface area contributed by atoms with E-state index in [0.29, 0.717) is 0 Å². The zero-order valence-electron chi connectivity index (χ0n) is 9.22. The highest BCUT2D eigenvalue weighted by atomic mass is 16.5. The van der Waals surface area contributed by atoms with Crippen LogP contribution in [-0.4, -0.2) is 37.5 Å². The van der Waals surface area contributed by atoms with Gasteiger partial charge in [0.1, 0.15) is 0 Å². The molecule has 0 amide bonds. The van der Waals surface area contributed by atoms with Crippen molar-refractivity contribution < 1.29 is 9.22 Å². The van der Waals surface area contributed by atoms with Crippen molar-refractivity contribution in [2.75, 3.05) is 33.0 Å². The van der Waals surface area contributed by atoms with E-state index in [1.165, 1.54) is 49.8 Å². The third-order valence-electron chi connectivity index (χ3n) is 3.07. The van der Waals surface area contributed by atoms with Gasteiger partial charge in [0, 0.05) is 19.4 Å². The molecular weight excluding hydrogens is 162 g/mol. The Morgan fingerprint density at radius 1 is 1.15 bits per heavy atom. The van der Waals surface area contributed by atoms with Crippen molar-refractivity contribution in [2.45, 2.75) is 39.5 Å². The third-order valence-corrected chi connectivity index (χ3v) is 3.07. The first-order valence-corrected chi connectivity index (χ1v) is 5.76. The maximum Gasteiger partial charge on any atom is 0.183 e. The molecule has 0 aromatic carbocycles. The minimum atomic E-state index is 0.867. The number of hydrogen-bond donors (Lipinski definition) is 0. The predicted molar refractivity (Wildman–Crippen MR) is 55.5 cm³/mol. The molecule has 13 heavy (non-hydrogen) atoms. The summed E-state index contributed by atoms with van der Waals surface area (Å²) < 4.78 is 6.83. The Kier molecular flexibility index (Phi) is 4.74. The van der Waals surface area contributed by atoms with Crippen LogP contribution in [0.15, 0.2) is 0 Å². The van der Waals surface area contributed by atoms with Crippen molar-refractivity contribution >= 4 is 0 Å². The lowest BCUT2D eigenvalue weighted by molar-refractivity contribution is -0.935. The summed E-state index contributed by atoms with van der Waals surface area (Å²) in [5, 5.41) is 0. The second-order valence-electron chi connectivity index (χ2n) is 4.20. The molecule has 0 aromatic rings. The fourth-order valence-corrected chi connectivity index (χ4v) is 2.20. The van der Waals surface area contributed by atoms with Crippen LogP contribution < -0.4 is 0 Å². The normalized spacial score (nSPS) is 20.8. The molecule has 1 saturated heterocycles. The summed E-state index contributed by atoms with van der Waals surface area (Å²) in [6.07, 6.45) is 5.47. The molecule has 0 aromatic heterocycles. The molecule has 0 unspecified atom stereocenters. The zero-order valence-corrected chi connectivity index (χ0v) is 9.22. The lowest BCUT2D eigenvalue weighted by atomic mass is 10.3. The summed E-state index contributed by atoms with van der Waals surface area (Å²) in [5.74, 6) is 0. The molecule has 1 aliphatic heterocycles. The van der Waals surface area contributed by atoms with Crippen LogP contribution in [0.2, 0.25) is 0 Å². The van der Waals surface area contributed by atoms with Crippen molar-refractivity contribution in [3.8, 4) is 0 Å². The van der Waals surface area contributed by atoms with Gasteiger partial charge >= 0.3 is 0 Å². The van der Waals surface area contributed by atoms with Crippen LogP contribution in [0.5, 0.6) is 0 Å². The van der Waals surface area contributed by atoms with Crippen molar-refractivity contribution in [1.29, 1.82) is 0 Å². The number of nitrogens with zero attached hydrogens (tertiary/aromatic N) is 1. The number of likely N-dealkylation sites (tertiary alicyclic amines) is 1. The molecule has 0 atom stereocenters. The van der Waals surface area contributed by atoms with E-state index in [1.807, 2.05) is 0 Å². The zero-order chi connectivity index (χ0) is 9.57. The highest BCUT2D eigenvalue weighted by Gasteiger charge is 2.30. The summed E-state index contributed by atoms with van der Waals surface area (Å²) in [6.45, 7) is 10.2. The second kappa shape index (κ2) is 5.61. The Bertz CT molecular complexity index is 120. The first-order valence-electron chi connectivity index (χ1n) is 5.76. The molecule has 0 N–H and O–H groups in total.